The number of piperazine rings is 1. The van der Waals surface area contributed by atoms with Crippen molar-refractivity contribution >= 4 is 29.9 Å². The third-order valence-corrected chi connectivity index (χ3v) is 5.06. The average molecular weight is 335 g/mol. The van der Waals surface area contributed by atoms with Crippen LogP contribution >= 0.6 is 24.2 Å². The van der Waals surface area contributed by atoms with Crippen molar-refractivity contribution in [3.63, 3.8) is 0 Å². The Morgan fingerprint density at radius 2 is 1.64 bits per heavy atom. The predicted molar refractivity (Wildman–Crippen MR) is 98.8 cm³/mol. The molecule has 0 bridgehead atoms. The smallest absolute Gasteiger partial charge is 0.0367 e. The molecule has 0 spiro atoms. The van der Waals surface area contributed by atoms with Crippen LogP contribution in [-0.2, 0) is 0 Å². The van der Waals surface area contributed by atoms with Crippen LogP contribution in [0.15, 0.2) is 52.3 Å². The normalized spacial score (nSPS) is 14.5. The zero-order valence-corrected chi connectivity index (χ0v) is 14.8. The van der Waals surface area contributed by atoms with E-state index in [2.05, 4.69) is 66.5 Å². The lowest BCUT2D eigenvalue weighted by molar-refractivity contribution is 0.589. The number of anilines is 1. The van der Waals surface area contributed by atoms with Gasteiger partial charge in [0.1, 0.15) is 0 Å². The van der Waals surface area contributed by atoms with Gasteiger partial charge >= 0.3 is 0 Å². The molecule has 4 heteroatoms. The topological polar surface area (TPSA) is 15.3 Å². The van der Waals surface area contributed by atoms with Gasteiger partial charge in [0, 0.05) is 41.7 Å². The molecule has 0 radical (unpaired) electrons. The number of benzene rings is 2. The van der Waals surface area contributed by atoms with Crippen LogP contribution in [0.25, 0.3) is 0 Å². The molecule has 0 aliphatic carbocycles. The second-order valence-electron chi connectivity index (χ2n) is 5.60. The van der Waals surface area contributed by atoms with Crippen molar-refractivity contribution in [3.05, 3.63) is 53.6 Å². The largest absolute Gasteiger partial charge is 0.369 e. The molecular weight excluding hydrogens is 312 g/mol. The first-order valence-electron chi connectivity index (χ1n) is 7.53. The molecule has 118 valence electrons. The Bertz CT molecular complexity index is 607. The molecule has 0 atom stereocenters. The Kier molecular flexibility index (Phi) is 6.18. The van der Waals surface area contributed by atoms with E-state index in [1.54, 1.807) is 0 Å². The van der Waals surface area contributed by atoms with Crippen LogP contribution in [0.3, 0.4) is 0 Å². The van der Waals surface area contributed by atoms with Gasteiger partial charge in [-0.05, 0) is 49.7 Å². The fourth-order valence-corrected chi connectivity index (χ4v) is 3.57. The second kappa shape index (κ2) is 7.91. The van der Waals surface area contributed by atoms with Gasteiger partial charge in [-0.1, -0.05) is 29.5 Å². The van der Waals surface area contributed by atoms with Crippen molar-refractivity contribution in [2.75, 3.05) is 31.1 Å². The lowest BCUT2D eigenvalue weighted by atomic mass is 10.2. The van der Waals surface area contributed by atoms with Gasteiger partial charge in [0.25, 0.3) is 0 Å². The molecule has 2 aromatic carbocycles. The maximum atomic E-state index is 3.39. The quantitative estimate of drug-likeness (QED) is 0.901. The summed E-state index contributed by atoms with van der Waals surface area (Å²) >= 11 is 1.85. The molecule has 1 aliphatic rings. The highest BCUT2D eigenvalue weighted by Crippen LogP contribution is 2.31. The molecule has 0 amide bonds. The molecule has 1 heterocycles. The first-order valence-corrected chi connectivity index (χ1v) is 8.35. The number of hydrogen-bond donors (Lipinski definition) is 1. The van der Waals surface area contributed by atoms with Gasteiger partial charge < -0.3 is 10.2 Å². The van der Waals surface area contributed by atoms with E-state index >= 15 is 0 Å². The van der Waals surface area contributed by atoms with Crippen LogP contribution in [0.4, 0.5) is 5.69 Å². The van der Waals surface area contributed by atoms with Crippen molar-refractivity contribution in [2.45, 2.75) is 23.6 Å². The molecule has 2 aromatic rings. The summed E-state index contributed by atoms with van der Waals surface area (Å²) in [5, 5.41) is 3.39. The standard InChI is InChI=1S/C18H22N2S.ClH/c1-14-3-8-18(15(2)13-14)21-17-6-4-16(5-7-17)20-11-9-19-10-12-20;/h3-8,13,19H,9-12H2,1-2H3;1H. The predicted octanol–water partition coefficient (Wildman–Crippen LogP) is 4.29. The first-order chi connectivity index (χ1) is 10.2. The fraction of sp³-hybridized carbons (Fsp3) is 0.333. The van der Waals surface area contributed by atoms with Crippen LogP contribution < -0.4 is 10.2 Å². The maximum absolute atomic E-state index is 3.39. The third kappa shape index (κ3) is 4.19. The van der Waals surface area contributed by atoms with Gasteiger partial charge in [0.2, 0.25) is 0 Å². The van der Waals surface area contributed by atoms with Gasteiger partial charge in [-0.2, -0.15) is 0 Å². The monoisotopic (exact) mass is 334 g/mol. The van der Waals surface area contributed by atoms with Crippen molar-refractivity contribution in [3.8, 4) is 0 Å². The van der Waals surface area contributed by atoms with Gasteiger partial charge in [-0.25, -0.2) is 0 Å². The van der Waals surface area contributed by atoms with E-state index in [9.17, 15) is 0 Å². The van der Waals surface area contributed by atoms with Crippen molar-refractivity contribution < 1.29 is 0 Å². The highest BCUT2D eigenvalue weighted by atomic mass is 35.5. The van der Waals surface area contributed by atoms with Crippen LogP contribution in [0, 0.1) is 13.8 Å². The summed E-state index contributed by atoms with van der Waals surface area (Å²) in [4.78, 5) is 5.10. The molecule has 0 aromatic heterocycles. The van der Waals surface area contributed by atoms with Gasteiger partial charge in [0.05, 0.1) is 0 Å². The maximum Gasteiger partial charge on any atom is 0.0367 e. The summed E-state index contributed by atoms with van der Waals surface area (Å²) in [7, 11) is 0. The van der Waals surface area contributed by atoms with Crippen molar-refractivity contribution in [2.24, 2.45) is 0 Å². The lowest BCUT2D eigenvalue weighted by Crippen LogP contribution is -2.43. The summed E-state index contributed by atoms with van der Waals surface area (Å²) in [6, 6.07) is 15.6. The molecule has 0 saturated carbocycles. The number of halogens is 1. The minimum Gasteiger partial charge on any atom is -0.369 e. The Hall–Kier alpha value is -1.16. The van der Waals surface area contributed by atoms with Crippen molar-refractivity contribution in [1.82, 2.24) is 5.32 Å². The number of rotatable bonds is 3. The number of nitrogens with one attached hydrogen (secondary N) is 1. The molecule has 3 rings (SSSR count). The molecule has 2 nitrogen and oxygen atoms in total. The summed E-state index contributed by atoms with van der Waals surface area (Å²) in [5.74, 6) is 0. The highest BCUT2D eigenvalue weighted by Gasteiger charge is 2.10. The summed E-state index contributed by atoms with van der Waals surface area (Å²) in [5.41, 5.74) is 4.01. The molecule has 1 aliphatic heterocycles. The van der Waals surface area contributed by atoms with E-state index < -0.39 is 0 Å². The molecule has 1 N–H and O–H groups in total. The number of hydrogen-bond acceptors (Lipinski definition) is 3. The minimum absolute atomic E-state index is 0. The van der Waals surface area contributed by atoms with Gasteiger partial charge in [-0.15, -0.1) is 12.4 Å². The Morgan fingerprint density at radius 3 is 2.27 bits per heavy atom. The Labute approximate surface area is 143 Å². The Morgan fingerprint density at radius 1 is 0.955 bits per heavy atom. The van der Waals surface area contributed by atoms with E-state index in [1.807, 2.05) is 11.8 Å². The van der Waals surface area contributed by atoms with Gasteiger partial charge in [-0.3, -0.25) is 0 Å². The molecule has 0 unspecified atom stereocenters. The number of aryl methyl sites for hydroxylation is 2. The summed E-state index contributed by atoms with van der Waals surface area (Å²) in [6.45, 7) is 8.69. The summed E-state index contributed by atoms with van der Waals surface area (Å²) < 4.78 is 0. The lowest BCUT2D eigenvalue weighted by Gasteiger charge is -2.29. The van der Waals surface area contributed by atoms with Crippen LogP contribution in [0.1, 0.15) is 11.1 Å². The number of nitrogens with zero attached hydrogens (tertiary/aromatic N) is 1. The molecule has 22 heavy (non-hydrogen) atoms. The highest BCUT2D eigenvalue weighted by molar-refractivity contribution is 7.99. The minimum atomic E-state index is 0. The zero-order chi connectivity index (χ0) is 14.7. The molecule has 1 saturated heterocycles. The van der Waals surface area contributed by atoms with E-state index in [0.717, 1.165) is 26.2 Å². The van der Waals surface area contributed by atoms with E-state index in [4.69, 9.17) is 0 Å². The van der Waals surface area contributed by atoms with Gasteiger partial charge in [0.15, 0.2) is 0 Å². The SMILES string of the molecule is Cc1ccc(Sc2ccc(N3CCNCC3)cc2)c(C)c1.Cl. The molecule has 1 fully saturated rings. The van der Waals surface area contributed by atoms with Crippen LogP contribution in [0.2, 0.25) is 0 Å². The zero-order valence-electron chi connectivity index (χ0n) is 13.1. The Balaban J connectivity index is 0.00000176. The first kappa shape index (κ1) is 17.2. The van der Waals surface area contributed by atoms with Crippen LogP contribution in [-0.4, -0.2) is 26.2 Å². The van der Waals surface area contributed by atoms with Crippen LogP contribution in [0.5, 0.6) is 0 Å². The van der Waals surface area contributed by atoms with Crippen molar-refractivity contribution in [1.29, 1.82) is 0 Å². The second-order valence-corrected chi connectivity index (χ2v) is 6.72. The summed E-state index contributed by atoms with van der Waals surface area (Å²) in [6.07, 6.45) is 0. The van der Waals surface area contributed by atoms with E-state index in [-0.39, 0.29) is 12.4 Å². The van der Waals surface area contributed by atoms with E-state index in [0.29, 0.717) is 0 Å². The van der Waals surface area contributed by atoms with E-state index in [1.165, 1.54) is 26.6 Å². The fourth-order valence-electron chi connectivity index (χ4n) is 2.69. The average Bonchev–Trinajstić information content (AvgIpc) is 2.52. The third-order valence-electron chi connectivity index (χ3n) is 3.88. The molecular formula is C18H23ClN2S.